The van der Waals surface area contributed by atoms with Crippen LogP contribution in [-0.2, 0) is 4.79 Å². The highest BCUT2D eigenvalue weighted by molar-refractivity contribution is 6.31. The van der Waals surface area contributed by atoms with Gasteiger partial charge in [0.1, 0.15) is 17.3 Å². The van der Waals surface area contributed by atoms with Crippen LogP contribution in [0, 0.1) is 11.2 Å². The molecule has 0 bridgehead atoms. The quantitative estimate of drug-likeness (QED) is 0.194. The molecule has 1 fully saturated rings. The first kappa shape index (κ1) is 35.9. The van der Waals surface area contributed by atoms with Crippen molar-refractivity contribution in [3.05, 3.63) is 70.3 Å². The molecule has 2 atom stereocenters. The summed E-state index contributed by atoms with van der Waals surface area (Å²) in [6.07, 6.45) is 13.0. The lowest BCUT2D eigenvalue weighted by Crippen LogP contribution is -2.29. The number of rotatable bonds is 10. The lowest BCUT2D eigenvalue weighted by Gasteiger charge is -2.24. The first-order valence-electron chi connectivity index (χ1n) is 15.6. The van der Waals surface area contributed by atoms with Crippen molar-refractivity contribution < 1.29 is 13.9 Å². The summed E-state index contributed by atoms with van der Waals surface area (Å²) in [5.74, 6) is -0.283. The van der Waals surface area contributed by atoms with Crippen molar-refractivity contribution in [1.29, 1.82) is 0 Å². The number of hydrogen-bond donors (Lipinski definition) is 3. The zero-order chi connectivity index (χ0) is 33.3. The van der Waals surface area contributed by atoms with Gasteiger partial charge >= 0.3 is 0 Å². The molecule has 45 heavy (non-hydrogen) atoms. The maximum atomic E-state index is 15.9. The number of benzene rings is 1. The number of nitrogens with zero attached hydrogens (tertiary/aromatic N) is 2. The molecule has 1 saturated heterocycles. The Labute approximate surface area is 271 Å². The largest absolute Gasteiger partial charge is 0.482 e. The minimum Gasteiger partial charge on any atom is -0.482 e. The van der Waals surface area contributed by atoms with Crippen LogP contribution >= 0.6 is 11.6 Å². The standard InChI is InChI=1S/C34H46ClFN4O2.CH3NO/c1-22-12-13-25(35)19-23(2)42-33-30(38-16-9-8-15-34(4,5)6)29(36)20-27-31(33)40(22)21-28(32(27)41)24(3)37-17-14-26-11-10-18-39(26)7;2-1-3/h12-13,19-21,23,26,37-38H,1,3,8-11,14-18H2,2,4-7H3;1H,(H2,2,3)/b13-12-,25-19+;. The molecular weight excluding hydrogens is 593 g/mol. The van der Waals surface area contributed by atoms with Gasteiger partial charge in [-0.15, -0.1) is 0 Å². The van der Waals surface area contributed by atoms with Crippen molar-refractivity contribution in [2.24, 2.45) is 11.1 Å². The Balaban J connectivity index is 0.00000177. The molecule has 2 aromatic rings. The van der Waals surface area contributed by atoms with Crippen molar-refractivity contribution in [3.63, 3.8) is 0 Å². The third-order valence-corrected chi connectivity index (χ3v) is 8.36. The average Bonchev–Trinajstić information content (AvgIpc) is 3.36. The molecule has 1 amide bonds. The number of carbonyl (C=O) groups excluding carboxylic acids is 1. The van der Waals surface area contributed by atoms with E-state index in [-0.39, 0.29) is 34.1 Å². The van der Waals surface area contributed by atoms with Crippen LogP contribution in [0.1, 0.15) is 71.8 Å². The van der Waals surface area contributed by atoms with Gasteiger partial charge in [0.2, 0.25) is 6.41 Å². The molecule has 1 aromatic carbocycles. The topological polar surface area (TPSA) is 102 Å². The number of halogens is 2. The molecule has 4 N–H and O–H groups in total. The second kappa shape index (κ2) is 16.1. The SMILES string of the molecule is C=C(NCCC1CCCN1C)c1cn2c3c(c(NCCCCC(C)(C)C)c(F)cc3c1=O)OC(C)/C=C(Cl)\C=C/C2=C.NC=O. The second-order valence-electron chi connectivity index (χ2n) is 13.0. The number of ether oxygens (including phenoxy) is 1. The van der Waals surface area contributed by atoms with E-state index in [1.807, 2.05) is 6.92 Å². The number of unbranched alkanes of at least 4 members (excludes halogenated alkanes) is 1. The van der Waals surface area contributed by atoms with Crippen LogP contribution in [0.3, 0.4) is 0 Å². The van der Waals surface area contributed by atoms with Gasteiger partial charge in [-0.3, -0.25) is 9.59 Å². The lowest BCUT2D eigenvalue weighted by atomic mass is 9.90. The predicted octanol–water partition coefficient (Wildman–Crippen LogP) is 6.85. The average molecular weight is 642 g/mol. The number of aromatic nitrogens is 1. The van der Waals surface area contributed by atoms with Crippen molar-refractivity contribution >= 4 is 46.0 Å². The number of amides is 1. The summed E-state index contributed by atoms with van der Waals surface area (Å²) in [6.45, 7) is 19.3. The summed E-state index contributed by atoms with van der Waals surface area (Å²) >= 11 is 6.44. The summed E-state index contributed by atoms with van der Waals surface area (Å²) in [5, 5.41) is 7.28. The lowest BCUT2D eigenvalue weighted by molar-refractivity contribution is -0.106. The van der Waals surface area contributed by atoms with E-state index >= 15 is 4.39 Å². The molecule has 3 heterocycles. The number of pyridine rings is 1. The number of anilines is 1. The molecule has 2 unspecified atom stereocenters. The van der Waals surface area contributed by atoms with Gasteiger partial charge < -0.3 is 30.6 Å². The molecule has 1 aromatic heterocycles. The third-order valence-electron chi connectivity index (χ3n) is 8.11. The van der Waals surface area contributed by atoms with Crippen molar-refractivity contribution in [2.45, 2.75) is 78.4 Å². The number of likely N-dealkylation sites (tertiary alicyclic amines) is 1. The summed E-state index contributed by atoms with van der Waals surface area (Å²) < 4.78 is 24.0. The first-order chi connectivity index (χ1) is 21.3. The van der Waals surface area contributed by atoms with E-state index in [2.05, 4.69) is 62.2 Å². The molecule has 10 heteroatoms. The summed E-state index contributed by atoms with van der Waals surface area (Å²) in [5.41, 5.74) is 6.18. The Morgan fingerprint density at radius 2 is 1.98 bits per heavy atom. The van der Waals surface area contributed by atoms with E-state index in [1.54, 1.807) is 29.0 Å². The van der Waals surface area contributed by atoms with E-state index in [0.717, 1.165) is 32.2 Å². The van der Waals surface area contributed by atoms with Gasteiger partial charge in [0.25, 0.3) is 0 Å². The molecule has 4 rings (SSSR count). The minimum absolute atomic E-state index is 0.203. The van der Waals surface area contributed by atoms with E-state index in [1.165, 1.54) is 18.9 Å². The molecular formula is C35H49ClFN5O3. The molecule has 0 radical (unpaired) electrons. The Morgan fingerprint density at radius 3 is 2.62 bits per heavy atom. The monoisotopic (exact) mass is 641 g/mol. The van der Waals surface area contributed by atoms with E-state index in [0.29, 0.717) is 46.6 Å². The molecule has 246 valence electrons. The highest BCUT2D eigenvalue weighted by atomic mass is 35.5. The van der Waals surface area contributed by atoms with Crippen molar-refractivity contribution in [2.75, 3.05) is 32.0 Å². The maximum absolute atomic E-state index is 15.9. The number of nitrogens with two attached hydrogens (primary N) is 1. The van der Waals surface area contributed by atoms with Gasteiger partial charge in [-0.2, -0.15) is 0 Å². The minimum atomic E-state index is -0.544. The van der Waals surface area contributed by atoms with Crippen LogP contribution in [0.15, 0.2) is 53.5 Å². The van der Waals surface area contributed by atoms with Crippen LogP contribution in [0.2, 0.25) is 0 Å². The highest BCUT2D eigenvalue weighted by Crippen LogP contribution is 2.39. The number of allylic oxidation sites excluding steroid dienone is 4. The number of nitrogens with one attached hydrogen (secondary N) is 2. The Morgan fingerprint density at radius 1 is 1.27 bits per heavy atom. The van der Waals surface area contributed by atoms with E-state index in [4.69, 9.17) is 21.1 Å². The smallest absolute Gasteiger partial charge is 0.204 e. The second-order valence-corrected chi connectivity index (χ2v) is 13.4. The van der Waals surface area contributed by atoms with Gasteiger partial charge in [0.15, 0.2) is 17.0 Å². The fraction of sp³-hybridized carbons (Fsp3) is 0.486. The molecule has 0 spiro atoms. The van der Waals surface area contributed by atoms with Crippen LogP contribution in [0.25, 0.3) is 22.3 Å². The van der Waals surface area contributed by atoms with Crippen LogP contribution < -0.4 is 26.5 Å². The van der Waals surface area contributed by atoms with Crippen LogP contribution in [0.5, 0.6) is 5.75 Å². The molecule has 0 aliphatic carbocycles. The normalized spacial score (nSPS) is 20.3. The Kier molecular flexibility index (Phi) is 12.9. The molecule has 2 aliphatic heterocycles. The summed E-state index contributed by atoms with van der Waals surface area (Å²) in [6, 6.07) is 1.82. The number of hydrogen-bond acceptors (Lipinski definition) is 6. The zero-order valence-corrected chi connectivity index (χ0v) is 28.1. The predicted molar refractivity (Wildman–Crippen MR) is 186 cm³/mol. The van der Waals surface area contributed by atoms with E-state index in [9.17, 15) is 4.79 Å². The van der Waals surface area contributed by atoms with Gasteiger partial charge in [0.05, 0.1) is 10.9 Å². The number of primary amides is 1. The fourth-order valence-electron chi connectivity index (χ4n) is 5.73. The highest BCUT2D eigenvalue weighted by Gasteiger charge is 2.25. The molecule has 0 saturated carbocycles. The van der Waals surface area contributed by atoms with Crippen LogP contribution in [0.4, 0.5) is 10.1 Å². The summed E-state index contributed by atoms with van der Waals surface area (Å²) in [4.78, 5) is 24.8. The van der Waals surface area contributed by atoms with Gasteiger partial charge in [-0.1, -0.05) is 52.0 Å². The zero-order valence-electron chi connectivity index (χ0n) is 27.3. The maximum Gasteiger partial charge on any atom is 0.204 e. The van der Waals surface area contributed by atoms with E-state index < -0.39 is 11.9 Å². The third kappa shape index (κ3) is 9.71. The molecule has 8 nitrogen and oxygen atoms in total. The first-order valence-corrected chi connectivity index (χ1v) is 16.0. The van der Waals surface area contributed by atoms with Gasteiger partial charge in [-0.05, 0) is 82.3 Å². The summed E-state index contributed by atoms with van der Waals surface area (Å²) in [7, 11) is 2.15. The van der Waals surface area contributed by atoms with Crippen molar-refractivity contribution in [1.82, 2.24) is 14.8 Å². The van der Waals surface area contributed by atoms with Gasteiger partial charge in [0, 0.05) is 41.8 Å². The van der Waals surface area contributed by atoms with Crippen LogP contribution in [-0.4, -0.2) is 54.7 Å². The van der Waals surface area contributed by atoms with Gasteiger partial charge in [-0.25, -0.2) is 4.39 Å². The fourth-order valence-corrected chi connectivity index (χ4v) is 5.97. The Bertz CT molecular complexity index is 1510. The molecule has 2 aliphatic rings. The van der Waals surface area contributed by atoms with Crippen molar-refractivity contribution in [3.8, 4) is 5.75 Å². The Hall–Kier alpha value is -3.56. The number of carbonyl (C=O) groups is 1.